The van der Waals surface area contributed by atoms with Crippen LogP contribution in [0.1, 0.15) is 24.0 Å². The summed E-state index contributed by atoms with van der Waals surface area (Å²) in [6.07, 6.45) is 6.87. The van der Waals surface area contributed by atoms with Crippen molar-refractivity contribution >= 4 is 16.8 Å². The fourth-order valence-electron chi connectivity index (χ4n) is 3.43. The number of carbonyl (C=O) groups excluding carboxylic acids is 1. The van der Waals surface area contributed by atoms with E-state index in [4.69, 9.17) is 0 Å². The number of fused-ring (bicyclic) bond motifs is 1. The minimum Gasteiger partial charge on any atom is -0.353 e. The number of nitrogens with zero attached hydrogens (tertiary/aromatic N) is 2. The molecule has 0 radical (unpaired) electrons. The van der Waals surface area contributed by atoms with Gasteiger partial charge in [0.1, 0.15) is 5.82 Å². The lowest BCUT2D eigenvalue weighted by Crippen LogP contribution is -2.22. The van der Waals surface area contributed by atoms with Crippen molar-refractivity contribution in [3.63, 3.8) is 0 Å². The maximum Gasteiger partial charge on any atom is 0.220 e. The topological polar surface area (TPSA) is 70.7 Å². The van der Waals surface area contributed by atoms with E-state index in [0.29, 0.717) is 25.8 Å². The molecule has 3 heterocycles. The van der Waals surface area contributed by atoms with E-state index in [0.717, 1.165) is 33.4 Å². The van der Waals surface area contributed by atoms with Gasteiger partial charge in [-0.2, -0.15) is 0 Å². The molecule has 0 aliphatic carbocycles. The van der Waals surface area contributed by atoms with E-state index in [9.17, 15) is 9.18 Å². The van der Waals surface area contributed by atoms with Crippen LogP contribution >= 0.6 is 0 Å². The van der Waals surface area contributed by atoms with Crippen molar-refractivity contribution in [1.82, 2.24) is 20.3 Å². The Morgan fingerprint density at radius 2 is 2.03 bits per heavy atom. The van der Waals surface area contributed by atoms with Gasteiger partial charge >= 0.3 is 0 Å². The first-order valence-corrected chi connectivity index (χ1v) is 9.58. The van der Waals surface area contributed by atoms with Gasteiger partial charge in [0.2, 0.25) is 5.91 Å². The second kappa shape index (κ2) is 8.65. The largest absolute Gasteiger partial charge is 0.353 e. The second-order valence-corrected chi connectivity index (χ2v) is 6.87. The van der Waals surface area contributed by atoms with Crippen LogP contribution < -0.4 is 5.32 Å². The SMILES string of the molecule is O=C(CCCc1c(-c2ccccn2)[nH]c2ccc(F)cc12)NCc1cccnc1. The van der Waals surface area contributed by atoms with Crippen LogP contribution in [0.3, 0.4) is 0 Å². The van der Waals surface area contributed by atoms with Crippen LogP contribution in [-0.4, -0.2) is 20.9 Å². The van der Waals surface area contributed by atoms with Crippen molar-refractivity contribution in [3.05, 3.63) is 84.1 Å². The lowest BCUT2D eigenvalue weighted by molar-refractivity contribution is -0.121. The number of rotatable bonds is 7. The number of aromatic amines is 1. The molecule has 1 amide bonds. The monoisotopic (exact) mass is 388 g/mol. The molecular formula is C23H21FN4O. The summed E-state index contributed by atoms with van der Waals surface area (Å²) in [4.78, 5) is 24.0. The summed E-state index contributed by atoms with van der Waals surface area (Å²) >= 11 is 0. The average molecular weight is 388 g/mol. The molecule has 0 unspecified atom stereocenters. The van der Waals surface area contributed by atoms with Crippen molar-refractivity contribution < 1.29 is 9.18 Å². The Hall–Kier alpha value is -3.54. The lowest BCUT2D eigenvalue weighted by atomic mass is 10.0. The zero-order chi connectivity index (χ0) is 20.1. The summed E-state index contributed by atoms with van der Waals surface area (Å²) in [5, 5.41) is 3.75. The number of hydrogen-bond acceptors (Lipinski definition) is 3. The van der Waals surface area contributed by atoms with E-state index >= 15 is 0 Å². The molecule has 0 saturated carbocycles. The van der Waals surface area contributed by atoms with Gasteiger partial charge < -0.3 is 10.3 Å². The van der Waals surface area contributed by atoms with Gasteiger partial charge in [-0.1, -0.05) is 12.1 Å². The van der Waals surface area contributed by atoms with Gasteiger partial charge in [0.15, 0.2) is 0 Å². The van der Waals surface area contributed by atoms with Gasteiger partial charge in [-0.05, 0) is 60.4 Å². The molecule has 5 nitrogen and oxygen atoms in total. The Morgan fingerprint density at radius 3 is 2.83 bits per heavy atom. The number of nitrogens with one attached hydrogen (secondary N) is 2. The van der Waals surface area contributed by atoms with E-state index in [1.54, 1.807) is 24.7 Å². The highest BCUT2D eigenvalue weighted by Crippen LogP contribution is 2.31. The maximum atomic E-state index is 13.8. The summed E-state index contributed by atoms with van der Waals surface area (Å²) in [7, 11) is 0. The van der Waals surface area contributed by atoms with Crippen LogP contribution in [0.15, 0.2) is 67.1 Å². The summed E-state index contributed by atoms with van der Waals surface area (Å²) in [5.74, 6) is -0.293. The number of carbonyl (C=O) groups is 1. The molecule has 6 heteroatoms. The standard InChI is InChI=1S/C23H21FN4O/c24-17-9-10-20-19(13-17)18(23(28-20)21-7-1-2-12-26-21)6-3-8-22(29)27-15-16-5-4-11-25-14-16/h1-2,4-5,7,9-14,28H,3,6,8,15H2,(H,27,29). The fourth-order valence-corrected chi connectivity index (χ4v) is 3.43. The lowest BCUT2D eigenvalue weighted by Gasteiger charge is -2.07. The molecular weight excluding hydrogens is 367 g/mol. The quantitative estimate of drug-likeness (QED) is 0.493. The van der Waals surface area contributed by atoms with Crippen LogP contribution in [0, 0.1) is 5.82 Å². The highest BCUT2D eigenvalue weighted by atomic mass is 19.1. The number of hydrogen-bond donors (Lipinski definition) is 2. The van der Waals surface area contributed by atoms with E-state index in [-0.39, 0.29) is 11.7 Å². The number of amides is 1. The Labute approximate surface area is 168 Å². The summed E-state index contributed by atoms with van der Waals surface area (Å²) < 4.78 is 13.8. The average Bonchev–Trinajstić information content (AvgIpc) is 3.11. The smallest absolute Gasteiger partial charge is 0.220 e. The molecule has 0 bridgehead atoms. The molecule has 146 valence electrons. The molecule has 4 aromatic rings. The number of halogens is 1. The zero-order valence-corrected chi connectivity index (χ0v) is 15.9. The molecule has 0 aliphatic heterocycles. The summed E-state index contributed by atoms with van der Waals surface area (Å²) in [6.45, 7) is 0.462. The predicted octanol–water partition coefficient (Wildman–Crippen LogP) is 4.40. The van der Waals surface area contributed by atoms with Gasteiger partial charge in [0.25, 0.3) is 0 Å². The Morgan fingerprint density at radius 1 is 1.10 bits per heavy atom. The van der Waals surface area contributed by atoms with Crippen LogP contribution in [0.2, 0.25) is 0 Å². The van der Waals surface area contributed by atoms with Gasteiger partial charge in [0.05, 0.1) is 11.4 Å². The first-order chi connectivity index (χ1) is 14.2. The van der Waals surface area contributed by atoms with Crippen LogP contribution in [0.5, 0.6) is 0 Å². The first kappa shape index (κ1) is 18.8. The van der Waals surface area contributed by atoms with Crippen molar-refractivity contribution in [2.45, 2.75) is 25.8 Å². The first-order valence-electron chi connectivity index (χ1n) is 9.58. The Bertz CT molecular complexity index is 1110. The predicted molar refractivity (Wildman–Crippen MR) is 111 cm³/mol. The Kier molecular flexibility index (Phi) is 5.61. The fraction of sp³-hybridized carbons (Fsp3) is 0.174. The normalized spacial score (nSPS) is 10.9. The van der Waals surface area contributed by atoms with Crippen LogP contribution in [0.4, 0.5) is 4.39 Å². The van der Waals surface area contributed by atoms with E-state index < -0.39 is 0 Å². The van der Waals surface area contributed by atoms with Crippen LogP contribution in [0.25, 0.3) is 22.3 Å². The number of aromatic nitrogens is 3. The van der Waals surface area contributed by atoms with Gasteiger partial charge in [-0.3, -0.25) is 14.8 Å². The van der Waals surface area contributed by atoms with E-state index in [1.165, 1.54) is 12.1 Å². The van der Waals surface area contributed by atoms with Crippen molar-refractivity contribution in [2.24, 2.45) is 0 Å². The van der Waals surface area contributed by atoms with E-state index in [2.05, 4.69) is 20.3 Å². The van der Waals surface area contributed by atoms with E-state index in [1.807, 2.05) is 30.3 Å². The third-order valence-corrected chi connectivity index (χ3v) is 4.83. The second-order valence-electron chi connectivity index (χ2n) is 6.87. The molecule has 0 saturated heterocycles. The molecule has 4 rings (SSSR count). The van der Waals surface area contributed by atoms with Crippen molar-refractivity contribution in [3.8, 4) is 11.4 Å². The molecule has 2 N–H and O–H groups in total. The van der Waals surface area contributed by atoms with Gasteiger partial charge in [0, 0.05) is 42.5 Å². The molecule has 3 aromatic heterocycles. The highest BCUT2D eigenvalue weighted by Gasteiger charge is 2.15. The maximum absolute atomic E-state index is 13.8. The minimum atomic E-state index is -0.278. The Balaban J connectivity index is 1.47. The van der Waals surface area contributed by atoms with Crippen molar-refractivity contribution in [1.29, 1.82) is 0 Å². The molecule has 0 atom stereocenters. The van der Waals surface area contributed by atoms with Gasteiger partial charge in [-0.15, -0.1) is 0 Å². The van der Waals surface area contributed by atoms with Crippen LogP contribution in [-0.2, 0) is 17.8 Å². The van der Waals surface area contributed by atoms with Gasteiger partial charge in [-0.25, -0.2) is 4.39 Å². The molecule has 0 fully saturated rings. The summed E-state index contributed by atoms with van der Waals surface area (Å²) in [6, 6.07) is 14.2. The summed E-state index contributed by atoms with van der Waals surface area (Å²) in [5.41, 5.74) is 4.49. The molecule has 1 aromatic carbocycles. The molecule has 29 heavy (non-hydrogen) atoms. The third-order valence-electron chi connectivity index (χ3n) is 4.83. The molecule has 0 aliphatic rings. The molecule has 0 spiro atoms. The third kappa shape index (κ3) is 4.48. The highest BCUT2D eigenvalue weighted by molar-refractivity contribution is 5.90. The number of H-pyrrole nitrogens is 1. The number of benzene rings is 1. The zero-order valence-electron chi connectivity index (χ0n) is 15.9. The van der Waals surface area contributed by atoms with Crippen molar-refractivity contribution in [2.75, 3.05) is 0 Å². The minimum absolute atomic E-state index is 0.0146. The number of pyridine rings is 2. The number of aryl methyl sites for hydroxylation is 1.